The number of rotatable bonds is 7. The third-order valence-corrected chi connectivity index (χ3v) is 10.8. The average molecular weight is 612 g/mol. The third-order valence-electron chi connectivity index (χ3n) is 10.8. The Balaban J connectivity index is 1.48. The molecule has 234 valence electrons. The van der Waals surface area contributed by atoms with Crippen LogP contribution in [0.25, 0.3) is 16.7 Å². The van der Waals surface area contributed by atoms with E-state index < -0.39 is 0 Å². The van der Waals surface area contributed by atoms with Crippen molar-refractivity contribution in [1.29, 1.82) is 0 Å². The summed E-state index contributed by atoms with van der Waals surface area (Å²) in [5.74, 6) is 0. The predicted molar refractivity (Wildman–Crippen MR) is 202 cm³/mol. The Morgan fingerprint density at radius 1 is 0.638 bits per heavy atom. The summed E-state index contributed by atoms with van der Waals surface area (Å²) in [5.41, 5.74) is 19.2. The summed E-state index contributed by atoms with van der Waals surface area (Å²) in [5, 5.41) is 0. The van der Waals surface area contributed by atoms with Gasteiger partial charge in [0.05, 0.1) is 5.69 Å². The monoisotopic (exact) mass is 611 g/mol. The molecule has 2 aliphatic carbocycles. The highest BCUT2D eigenvalue weighted by Crippen LogP contribution is 2.54. The van der Waals surface area contributed by atoms with E-state index in [4.69, 9.17) is 0 Å². The molecule has 0 unspecified atom stereocenters. The van der Waals surface area contributed by atoms with Crippen molar-refractivity contribution < 1.29 is 0 Å². The molecule has 7 rings (SSSR count). The lowest BCUT2D eigenvalue weighted by molar-refractivity contribution is 0.654. The van der Waals surface area contributed by atoms with E-state index in [0.29, 0.717) is 0 Å². The summed E-state index contributed by atoms with van der Waals surface area (Å²) in [6.45, 7) is 20.2. The Bertz CT molecular complexity index is 2120. The van der Waals surface area contributed by atoms with E-state index in [9.17, 15) is 0 Å². The Labute approximate surface area is 281 Å². The Morgan fingerprint density at radius 2 is 1.30 bits per heavy atom. The minimum atomic E-state index is -0.154. The number of nitrogens with zero attached hydrogens (tertiary/aromatic N) is 1. The van der Waals surface area contributed by atoms with Gasteiger partial charge in [0.25, 0.3) is 0 Å². The number of allylic oxidation sites excluding steroid dienone is 5. The average Bonchev–Trinajstić information content (AvgIpc) is 3.43. The summed E-state index contributed by atoms with van der Waals surface area (Å²) < 4.78 is 0. The molecule has 1 heteroatoms. The van der Waals surface area contributed by atoms with E-state index in [1.807, 2.05) is 0 Å². The molecule has 0 radical (unpaired) electrons. The molecule has 0 aromatic heterocycles. The molecule has 2 aliphatic rings. The van der Waals surface area contributed by atoms with Gasteiger partial charge in [-0.2, -0.15) is 0 Å². The van der Waals surface area contributed by atoms with Crippen molar-refractivity contribution in [2.45, 2.75) is 65.7 Å². The van der Waals surface area contributed by atoms with Crippen molar-refractivity contribution in [1.82, 2.24) is 0 Å². The molecule has 0 saturated carbocycles. The quantitative estimate of drug-likeness (QED) is 0.177. The van der Waals surface area contributed by atoms with Crippen LogP contribution in [0.1, 0.15) is 79.1 Å². The summed E-state index contributed by atoms with van der Waals surface area (Å²) in [7, 11) is 0. The van der Waals surface area contributed by atoms with Crippen LogP contribution in [-0.2, 0) is 17.3 Å². The lowest BCUT2D eigenvalue weighted by atomic mass is 9.81. The van der Waals surface area contributed by atoms with Crippen LogP contribution in [0, 0.1) is 13.8 Å². The van der Waals surface area contributed by atoms with Gasteiger partial charge in [-0.3, -0.25) is 0 Å². The van der Waals surface area contributed by atoms with Gasteiger partial charge in [-0.1, -0.05) is 125 Å². The number of benzene rings is 5. The first kappa shape index (κ1) is 30.8. The zero-order valence-electron chi connectivity index (χ0n) is 28.9. The number of aryl methyl sites for hydroxylation is 2. The normalized spacial score (nSPS) is 15.5. The van der Waals surface area contributed by atoms with Crippen molar-refractivity contribution in [2.24, 2.45) is 0 Å². The Kier molecular flexibility index (Phi) is 7.48. The predicted octanol–water partition coefficient (Wildman–Crippen LogP) is 12.5. The molecule has 0 bridgehead atoms. The van der Waals surface area contributed by atoms with Crippen molar-refractivity contribution in [3.8, 4) is 11.1 Å². The Hall–Kier alpha value is -4.88. The zero-order valence-corrected chi connectivity index (χ0v) is 28.9. The van der Waals surface area contributed by atoms with Gasteiger partial charge in [0.1, 0.15) is 0 Å². The maximum Gasteiger partial charge on any atom is 0.0543 e. The summed E-state index contributed by atoms with van der Waals surface area (Å²) in [6.07, 6.45) is 7.39. The van der Waals surface area contributed by atoms with Gasteiger partial charge in [0, 0.05) is 27.8 Å². The highest BCUT2D eigenvalue weighted by Gasteiger charge is 2.39. The van der Waals surface area contributed by atoms with Crippen molar-refractivity contribution in [3.05, 3.63) is 178 Å². The molecular weight excluding hydrogens is 567 g/mol. The van der Waals surface area contributed by atoms with Crippen LogP contribution in [-0.4, -0.2) is 0 Å². The first-order valence-corrected chi connectivity index (χ1v) is 16.9. The van der Waals surface area contributed by atoms with E-state index in [0.717, 1.165) is 6.42 Å². The lowest BCUT2D eigenvalue weighted by Crippen LogP contribution is -2.18. The Morgan fingerprint density at radius 3 is 2.06 bits per heavy atom. The van der Waals surface area contributed by atoms with Crippen molar-refractivity contribution in [3.63, 3.8) is 0 Å². The van der Waals surface area contributed by atoms with E-state index in [-0.39, 0.29) is 10.8 Å². The second-order valence-electron chi connectivity index (χ2n) is 14.3. The van der Waals surface area contributed by atoms with Crippen LogP contribution >= 0.6 is 0 Å². The largest absolute Gasteiger partial charge is 0.310 e. The fraction of sp³-hybridized carbons (Fsp3) is 0.217. The van der Waals surface area contributed by atoms with Crippen LogP contribution in [0.2, 0.25) is 0 Å². The molecule has 0 atom stereocenters. The van der Waals surface area contributed by atoms with Gasteiger partial charge in [-0.25, -0.2) is 0 Å². The number of fused-ring (bicyclic) bond motifs is 4. The molecule has 0 fully saturated rings. The number of anilines is 3. The molecule has 0 spiro atoms. The van der Waals surface area contributed by atoms with Gasteiger partial charge < -0.3 is 4.90 Å². The van der Waals surface area contributed by atoms with Crippen LogP contribution < -0.4 is 4.90 Å². The van der Waals surface area contributed by atoms with Gasteiger partial charge >= 0.3 is 0 Å². The topological polar surface area (TPSA) is 3.24 Å². The molecule has 1 nitrogen and oxygen atoms in total. The molecule has 0 heterocycles. The second-order valence-corrected chi connectivity index (χ2v) is 14.3. The van der Waals surface area contributed by atoms with Crippen molar-refractivity contribution in [2.75, 3.05) is 4.90 Å². The van der Waals surface area contributed by atoms with Gasteiger partial charge in [-0.15, -0.1) is 0 Å². The molecular formula is C46H45N. The fourth-order valence-electron chi connectivity index (χ4n) is 8.11. The van der Waals surface area contributed by atoms with Gasteiger partial charge in [-0.05, 0) is 119 Å². The first-order valence-electron chi connectivity index (χ1n) is 16.9. The highest BCUT2D eigenvalue weighted by molar-refractivity contribution is 5.97. The maximum absolute atomic E-state index is 4.28. The highest BCUT2D eigenvalue weighted by atomic mass is 15.1. The van der Waals surface area contributed by atoms with E-state index in [1.54, 1.807) is 0 Å². The van der Waals surface area contributed by atoms with E-state index >= 15 is 0 Å². The maximum atomic E-state index is 4.28. The summed E-state index contributed by atoms with van der Waals surface area (Å²) in [4.78, 5) is 2.50. The molecule has 0 aliphatic heterocycles. The number of hydrogen-bond acceptors (Lipinski definition) is 1. The van der Waals surface area contributed by atoms with Gasteiger partial charge in [0.2, 0.25) is 0 Å². The van der Waals surface area contributed by atoms with Crippen LogP contribution in [0.3, 0.4) is 0 Å². The minimum absolute atomic E-state index is 0.0937. The standard InChI is InChI=1S/C46H45N/c1-9-16-38-39(10-2)45(5,6)41-21-15-22-43(44(38)41)47(34-24-23-31(4)33(28-34)27-32-18-12-11-17-30(32)3)35-25-26-37-36-19-13-14-20-40(36)46(7,8)42(37)29-35/h9-26,28-29H,2,27H2,1,3-8H3/b16-9-. The van der Waals surface area contributed by atoms with Crippen LogP contribution in [0.4, 0.5) is 17.1 Å². The van der Waals surface area contributed by atoms with Crippen molar-refractivity contribution >= 4 is 22.6 Å². The van der Waals surface area contributed by atoms with E-state index in [2.05, 4.69) is 181 Å². The fourth-order valence-corrected chi connectivity index (χ4v) is 8.11. The molecule has 0 N–H and O–H groups in total. The summed E-state index contributed by atoms with van der Waals surface area (Å²) in [6, 6.07) is 38.6. The SMILES string of the molecule is C=CC1=C(/C=C\C)c2c(N(c3ccc(C)c(Cc4ccccc4C)c3)c3ccc4c(c3)C(C)(C)c3ccccc3-4)cccc2C1(C)C. The third kappa shape index (κ3) is 4.83. The minimum Gasteiger partial charge on any atom is -0.310 e. The molecule has 47 heavy (non-hydrogen) atoms. The number of hydrogen-bond donors (Lipinski definition) is 0. The second kappa shape index (κ2) is 11.4. The molecule has 5 aromatic carbocycles. The first-order chi connectivity index (χ1) is 22.6. The zero-order chi connectivity index (χ0) is 33.1. The van der Waals surface area contributed by atoms with Crippen LogP contribution in [0.5, 0.6) is 0 Å². The lowest BCUT2D eigenvalue weighted by Gasteiger charge is -2.31. The van der Waals surface area contributed by atoms with Crippen LogP contribution in [0.15, 0.2) is 134 Å². The summed E-state index contributed by atoms with van der Waals surface area (Å²) >= 11 is 0. The molecule has 0 amide bonds. The molecule has 5 aromatic rings. The van der Waals surface area contributed by atoms with E-state index in [1.165, 1.54) is 83.8 Å². The molecule has 0 saturated heterocycles. The smallest absolute Gasteiger partial charge is 0.0543 e. The van der Waals surface area contributed by atoms with Gasteiger partial charge in [0.15, 0.2) is 0 Å².